The fourth-order valence-corrected chi connectivity index (χ4v) is 2.70. The van der Waals surface area contributed by atoms with Gasteiger partial charge in [-0.15, -0.1) is 0 Å². The van der Waals surface area contributed by atoms with Gasteiger partial charge in [0.15, 0.2) is 0 Å². The zero-order chi connectivity index (χ0) is 18.8. The maximum absolute atomic E-state index is 12.7. The highest BCUT2D eigenvalue weighted by atomic mass is 16.5. The number of benzene rings is 1. The molecule has 2 rings (SSSR count). The van der Waals surface area contributed by atoms with Crippen LogP contribution >= 0.6 is 0 Å². The summed E-state index contributed by atoms with van der Waals surface area (Å²) >= 11 is 0. The van der Waals surface area contributed by atoms with Gasteiger partial charge in [0.2, 0.25) is 5.91 Å². The second kappa shape index (κ2) is 10.8. The lowest BCUT2D eigenvalue weighted by Crippen LogP contribution is -2.52. The van der Waals surface area contributed by atoms with Gasteiger partial charge in [-0.05, 0) is 26.5 Å². The van der Waals surface area contributed by atoms with Gasteiger partial charge in [0.05, 0.1) is 25.8 Å². The summed E-state index contributed by atoms with van der Waals surface area (Å²) in [5.74, 6) is 0.0757. The fourth-order valence-electron chi connectivity index (χ4n) is 2.70. The van der Waals surface area contributed by atoms with Gasteiger partial charge in [-0.3, -0.25) is 14.5 Å². The average Bonchev–Trinajstić information content (AvgIpc) is 2.62. The standard InChI is InChI=1S/C17H26N2O3.CH2O2/c1-13(2)18(3)11-16(21)19-9-10-22-15(12-20)17(19)14-7-5-4-6-8-14;2-1-3/h4-8,13,15,17,20H,9-12H2,1-3H3;1H,(H,2,3)/t15-,17-;/m1./s1. The number of aliphatic hydroxyl groups excluding tert-OH is 1. The van der Waals surface area contributed by atoms with Crippen molar-refractivity contribution in [2.75, 3.05) is 33.4 Å². The number of aliphatic hydroxyl groups is 1. The summed E-state index contributed by atoms with van der Waals surface area (Å²) in [5.41, 5.74) is 1.00. The largest absolute Gasteiger partial charge is 0.483 e. The molecule has 2 atom stereocenters. The SMILES string of the molecule is CC(C)N(C)CC(=O)N1CCO[C@H](CO)[C@H]1c1ccccc1.O=CO. The van der Waals surface area contributed by atoms with Crippen molar-refractivity contribution in [3.63, 3.8) is 0 Å². The van der Waals surface area contributed by atoms with Gasteiger partial charge in [0.1, 0.15) is 6.10 Å². The summed E-state index contributed by atoms with van der Waals surface area (Å²) in [4.78, 5) is 24.9. The number of hydrogen-bond acceptors (Lipinski definition) is 5. The van der Waals surface area contributed by atoms with Crippen LogP contribution in [0.3, 0.4) is 0 Å². The van der Waals surface area contributed by atoms with Crippen molar-refractivity contribution in [1.29, 1.82) is 0 Å². The molecule has 0 spiro atoms. The first-order chi connectivity index (χ1) is 12.0. The van der Waals surface area contributed by atoms with E-state index < -0.39 is 0 Å². The van der Waals surface area contributed by atoms with E-state index in [9.17, 15) is 9.90 Å². The first kappa shape index (κ1) is 21.1. The molecule has 1 fully saturated rings. The third kappa shape index (κ3) is 6.12. The van der Waals surface area contributed by atoms with Crippen LogP contribution in [0.4, 0.5) is 0 Å². The number of ether oxygens (including phenoxy) is 1. The molecular formula is C18H28N2O5. The Labute approximate surface area is 148 Å². The highest BCUT2D eigenvalue weighted by Crippen LogP contribution is 2.29. The highest BCUT2D eigenvalue weighted by Gasteiger charge is 2.36. The van der Waals surface area contributed by atoms with E-state index in [4.69, 9.17) is 14.6 Å². The van der Waals surface area contributed by atoms with E-state index in [0.717, 1.165) is 5.56 Å². The third-order valence-electron chi connectivity index (χ3n) is 4.26. The first-order valence-corrected chi connectivity index (χ1v) is 8.31. The maximum atomic E-state index is 12.7. The summed E-state index contributed by atoms with van der Waals surface area (Å²) in [6, 6.07) is 9.88. The van der Waals surface area contributed by atoms with Crippen LogP contribution in [0.25, 0.3) is 0 Å². The maximum Gasteiger partial charge on any atom is 0.290 e. The predicted molar refractivity (Wildman–Crippen MR) is 94.2 cm³/mol. The van der Waals surface area contributed by atoms with Gasteiger partial charge >= 0.3 is 0 Å². The van der Waals surface area contributed by atoms with Crippen molar-refractivity contribution < 1.29 is 24.5 Å². The summed E-state index contributed by atoms with van der Waals surface area (Å²) in [6.45, 7) is 5.19. The topological polar surface area (TPSA) is 90.3 Å². The Balaban J connectivity index is 0.000000970. The number of nitrogens with zero attached hydrogens (tertiary/aromatic N) is 2. The average molecular weight is 352 g/mol. The van der Waals surface area contributed by atoms with Crippen molar-refractivity contribution >= 4 is 12.4 Å². The number of morpholine rings is 1. The highest BCUT2D eigenvalue weighted by molar-refractivity contribution is 5.79. The number of hydrogen-bond donors (Lipinski definition) is 2. The molecule has 1 heterocycles. The van der Waals surface area contributed by atoms with Crippen LogP contribution in [-0.4, -0.2) is 77.9 Å². The molecule has 7 heteroatoms. The Morgan fingerprint density at radius 1 is 1.40 bits per heavy atom. The zero-order valence-electron chi connectivity index (χ0n) is 15.0. The van der Waals surface area contributed by atoms with Gasteiger partial charge in [0.25, 0.3) is 6.47 Å². The number of rotatable bonds is 5. The van der Waals surface area contributed by atoms with E-state index in [2.05, 4.69) is 13.8 Å². The molecule has 0 aromatic heterocycles. The number of carbonyl (C=O) groups is 2. The van der Waals surface area contributed by atoms with Crippen molar-refractivity contribution in [2.45, 2.75) is 32.0 Å². The normalized spacial score (nSPS) is 20.2. The van der Waals surface area contributed by atoms with Crippen LogP contribution in [0.5, 0.6) is 0 Å². The Morgan fingerprint density at radius 2 is 2.00 bits per heavy atom. The van der Waals surface area contributed by atoms with Gasteiger partial charge in [0, 0.05) is 12.6 Å². The van der Waals surface area contributed by atoms with E-state index in [0.29, 0.717) is 25.7 Å². The van der Waals surface area contributed by atoms with Crippen molar-refractivity contribution in [2.24, 2.45) is 0 Å². The Kier molecular flexibility index (Phi) is 9.12. The van der Waals surface area contributed by atoms with Gasteiger partial charge in [-0.2, -0.15) is 0 Å². The van der Waals surface area contributed by atoms with E-state index in [1.54, 1.807) is 0 Å². The minimum Gasteiger partial charge on any atom is -0.483 e. The third-order valence-corrected chi connectivity index (χ3v) is 4.26. The Bertz CT molecular complexity index is 523. The van der Waals surface area contributed by atoms with Crippen LogP contribution in [0.2, 0.25) is 0 Å². The van der Waals surface area contributed by atoms with E-state index in [-0.39, 0.29) is 31.1 Å². The summed E-state index contributed by atoms with van der Waals surface area (Å²) in [5, 5.41) is 16.5. The smallest absolute Gasteiger partial charge is 0.290 e. The molecular weight excluding hydrogens is 324 g/mol. The van der Waals surface area contributed by atoms with Crippen LogP contribution in [0.15, 0.2) is 30.3 Å². The predicted octanol–water partition coefficient (Wildman–Crippen LogP) is 0.988. The number of carboxylic acid groups (broad SMARTS) is 1. The van der Waals surface area contributed by atoms with Gasteiger partial charge in [-0.25, -0.2) is 0 Å². The molecule has 1 aliphatic rings. The molecule has 1 aromatic carbocycles. The van der Waals surface area contributed by atoms with Gasteiger partial charge in [-0.1, -0.05) is 30.3 Å². The van der Waals surface area contributed by atoms with Crippen LogP contribution < -0.4 is 0 Å². The molecule has 1 amide bonds. The summed E-state index contributed by atoms with van der Waals surface area (Å²) in [7, 11) is 1.95. The molecule has 1 aliphatic heterocycles. The minimum atomic E-state index is -0.371. The molecule has 140 valence electrons. The van der Waals surface area contributed by atoms with Crippen molar-refractivity contribution in [3.8, 4) is 0 Å². The molecule has 0 aliphatic carbocycles. The fraction of sp³-hybridized carbons (Fsp3) is 0.556. The molecule has 1 saturated heterocycles. The Hall–Kier alpha value is -1.96. The number of amides is 1. The lowest BCUT2D eigenvalue weighted by atomic mass is 9.98. The molecule has 1 aromatic rings. The first-order valence-electron chi connectivity index (χ1n) is 8.31. The van der Waals surface area contributed by atoms with Crippen LogP contribution in [-0.2, 0) is 14.3 Å². The number of carbonyl (C=O) groups excluding carboxylic acids is 1. The zero-order valence-corrected chi connectivity index (χ0v) is 15.0. The molecule has 2 N–H and O–H groups in total. The van der Waals surface area contributed by atoms with Crippen molar-refractivity contribution in [3.05, 3.63) is 35.9 Å². The van der Waals surface area contributed by atoms with Crippen LogP contribution in [0.1, 0.15) is 25.5 Å². The van der Waals surface area contributed by atoms with Crippen molar-refractivity contribution in [1.82, 2.24) is 9.80 Å². The van der Waals surface area contributed by atoms with E-state index >= 15 is 0 Å². The minimum absolute atomic E-state index is 0.0757. The van der Waals surface area contributed by atoms with Gasteiger partial charge < -0.3 is 19.8 Å². The molecule has 0 radical (unpaired) electrons. The molecule has 0 unspecified atom stereocenters. The van der Waals surface area contributed by atoms with E-state index in [1.807, 2.05) is 47.2 Å². The van der Waals surface area contributed by atoms with E-state index in [1.165, 1.54) is 0 Å². The summed E-state index contributed by atoms with van der Waals surface area (Å²) < 4.78 is 5.67. The molecule has 0 saturated carbocycles. The second-order valence-electron chi connectivity index (χ2n) is 6.15. The monoisotopic (exact) mass is 352 g/mol. The summed E-state index contributed by atoms with van der Waals surface area (Å²) in [6.07, 6.45) is -0.371. The second-order valence-corrected chi connectivity index (χ2v) is 6.15. The van der Waals surface area contributed by atoms with Crippen LogP contribution in [0, 0.1) is 0 Å². The molecule has 0 bridgehead atoms. The Morgan fingerprint density at radius 3 is 2.52 bits per heavy atom. The molecule has 25 heavy (non-hydrogen) atoms. The lowest BCUT2D eigenvalue weighted by molar-refractivity contribution is -0.151. The molecule has 7 nitrogen and oxygen atoms in total. The number of likely N-dealkylation sites (N-methyl/N-ethyl adjacent to an activating group) is 1. The quantitative estimate of drug-likeness (QED) is 0.768. The lowest BCUT2D eigenvalue weighted by Gasteiger charge is -2.41.